The van der Waals surface area contributed by atoms with Gasteiger partial charge in [-0.15, -0.1) is 0 Å². The van der Waals surface area contributed by atoms with Crippen LogP contribution in [0.2, 0.25) is 0 Å². The summed E-state index contributed by atoms with van der Waals surface area (Å²) in [6, 6.07) is 4.18. The van der Waals surface area contributed by atoms with Gasteiger partial charge in [-0.2, -0.15) is 0 Å². The van der Waals surface area contributed by atoms with E-state index in [1.165, 1.54) is 19.1 Å². The first kappa shape index (κ1) is 23.5. The van der Waals surface area contributed by atoms with E-state index < -0.39 is 51.0 Å². The van der Waals surface area contributed by atoms with Crippen molar-refractivity contribution in [1.82, 2.24) is 4.90 Å². The third-order valence-corrected chi connectivity index (χ3v) is 5.39. The number of carbonyl (C=O) groups excluding carboxylic acids is 1. The van der Waals surface area contributed by atoms with Crippen molar-refractivity contribution in [2.75, 3.05) is 14.1 Å². The van der Waals surface area contributed by atoms with Gasteiger partial charge in [-0.3, -0.25) is 14.9 Å². The van der Waals surface area contributed by atoms with E-state index in [0.717, 1.165) is 12.1 Å². The molecule has 0 aliphatic rings. The first-order valence-electron chi connectivity index (χ1n) is 9.25. The summed E-state index contributed by atoms with van der Waals surface area (Å²) in [4.78, 5) is 25.2. The summed E-state index contributed by atoms with van der Waals surface area (Å²) < 4.78 is 58.1. The summed E-state index contributed by atoms with van der Waals surface area (Å²) in [7, 11) is 3.36. The van der Waals surface area contributed by atoms with Gasteiger partial charge in [-0.05, 0) is 33.0 Å². The minimum atomic E-state index is -2.09. The van der Waals surface area contributed by atoms with Crippen molar-refractivity contribution in [3.63, 3.8) is 0 Å². The van der Waals surface area contributed by atoms with Crippen LogP contribution in [0, 0.1) is 33.4 Å². The number of carbonyl (C=O) groups is 1. The number of Topliss-reactive ketones (excluding diaryl/α,β-unsaturated/α-hetero) is 1. The zero-order chi connectivity index (χ0) is 22.8. The number of nitro benzene ring substituents is 1. The molecule has 0 saturated carbocycles. The summed E-state index contributed by atoms with van der Waals surface area (Å²) in [6.07, 6.45) is -0.393. The molecule has 162 valence electrons. The van der Waals surface area contributed by atoms with E-state index >= 15 is 0 Å². The second kappa shape index (κ2) is 8.91. The minimum Gasteiger partial charge on any atom is -0.307 e. The van der Waals surface area contributed by atoms with Crippen molar-refractivity contribution in [3.8, 4) is 0 Å². The second-order valence-corrected chi connectivity index (χ2v) is 7.35. The fraction of sp³-hybridized carbons (Fsp3) is 0.381. The number of halogens is 4. The molecule has 0 aliphatic heterocycles. The normalized spacial score (nSPS) is 14.4. The SMILES string of the molecule is CCC(=O)[C@](C[C@@H](C)N(C)C)(c1ccc([N+](=O)[O-])cc1)c1c(F)c(F)cc(F)c1F. The van der Waals surface area contributed by atoms with Crippen molar-refractivity contribution < 1.29 is 27.3 Å². The van der Waals surface area contributed by atoms with Crippen molar-refractivity contribution in [3.05, 3.63) is 74.8 Å². The molecule has 0 radical (unpaired) electrons. The highest BCUT2D eigenvalue weighted by Gasteiger charge is 2.47. The molecule has 30 heavy (non-hydrogen) atoms. The highest BCUT2D eigenvalue weighted by molar-refractivity contribution is 5.94. The number of hydrogen-bond acceptors (Lipinski definition) is 4. The first-order valence-corrected chi connectivity index (χ1v) is 9.25. The number of rotatable bonds is 8. The van der Waals surface area contributed by atoms with Crippen LogP contribution in [0.25, 0.3) is 0 Å². The highest BCUT2D eigenvalue weighted by atomic mass is 19.2. The van der Waals surface area contributed by atoms with Gasteiger partial charge in [-0.1, -0.05) is 19.1 Å². The molecule has 0 spiro atoms. The lowest BCUT2D eigenvalue weighted by atomic mass is 9.66. The van der Waals surface area contributed by atoms with Gasteiger partial charge in [0.2, 0.25) is 0 Å². The summed E-state index contributed by atoms with van der Waals surface area (Å²) in [6.45, 7) is 3.16. The number of non-ortho nitro benzene ring substituents is 1. The molecule has 0 bridgehead atoms. The molecular formula is C21H22F4N2O3. The van der Waals surface area contributed by atoms with E-state index in [9.17, 15) is 32.5 Å². The van der Waals surface area contributed by atoms with Crippen LogP contribution in [-0.4, -0.2) is 35.7 Å². The van der Waals surface area contributed by atoms with Crippen molar-refractivity contribution in [2.45, 2.75) is 38.1 Å². The van der Waals surface area contributed by atoms with Crippen LogP contribution in [0.15, 0.2) is 30.3 Å². The van der Waals surface area contributed by atoms with E-state index in [2.05, 4.69) is 0 Å². The lowest BCUT2D eigenvalue weighted by Gasteiger charge is -2.37. The van der Waals surface area contributed by atoms with Crippen LogP contribution in [-0.2, 0) is 10.2 Å². The molecule has 0 amide bonds. The molecule has 0 aliphatic carbocycles. The average molecular weight is 426 g/mol. The van der Waals surface area contributed by atoms with Gasteiger partial charge in [0, 0.05) is 36.2 Å². The fourth-order valence-corrected chi connectivity index (χ4v) is 3.52. The predicted octanol–water partition coefficient (Wildman–Crippen LogP) is 4.76. The smallest absolute Gasteiger partial charge is 0.269 e. The van der Waals surface area contributed by atoms with Crippen LogP contribution in [0.1, 0.15) is 37.8 Å². The van der Waals surface area contributed by atoms with E-state index in [0.29, 0.717) is 0 Å². The zero-order valence-electron chi connectivity index (χ0n) is 17.0. The van der Waals surface area contributed by atoms with Gasteiger partial charge < -0.3 is 4.90 Å². The number of nitro groups is 1. The molecule has 9 heteroatoms. The maximum Gasteiger partial charge on any atom is 0.269 e. The van der Waals surface area contributed by atoms with E-state index in [1.807, 2.05) is 0 Å². The third-order valence-electron chi connectivity index (χ3n) is 5.39. The quantitative estimate of drug-likeness (QED) is 0.264. The Morgan fingerprint density at radius 1 is 1.10 bits per heavy atom. The van der Waals surface area contributed by atoms with Crippen molar-refractivity contribution in [1.29, 1.82) is 0 Å². The Kier molecular flexibility index (Phi) is 6.97. The van der Waals surface area contributed by atoms with Crippen LogP contribution in [0.4, 0.5) is 23.2 Å². The molecule has 0 unspecified atom stereocenters. The standard InChI is InChI=1S/C21H22F4N2O3/c1-5-17(28)21(11-12(2)26(3)4,13-6-8-14(9-7-13)27(29)30)18-19(24)15(22)10-16(23)20(18)25/h6-10,12H,5,11H2,1-4H3/t12-,21+/m1/s1. The fourth-order valence-electron chi connectivity index (χ4n) is 3.52. The molecule has 2 aromatic rings. The topological polar surface area (TPSA) is 63.5 Å². The largest absolute Gasteiger partial charge is 0.307 e. The van der Waals surface area contributed by atoms with Crippen molar-refractivity contribution in [2.24, 2.45) is 0 Å². The third kappa shape index (κ3) is 4.07. The number of nitrogens with zero attached hydrogens (tertiary/aromatic N) is 2. The van der Waals surface area contributed by atoms with E-state index in [4.69, 9.17) is 0 Å². The average Bonchev–Trinajstić information content (AvgIpc) is 2.70. The molecule has 0 fully saturated rings. The monoisotopic (exact) mass is 426 g/mol. The van der Waals surface area contributed by atoms with Crippen molar-refractivity contribution >= 4 is 11.5 Å². The molecule has 2 rings (SSSR count). The Hall–Kier alpha value is -2.81. The van der Waals surface area contributed by atoms with Gasteiger partial charge in [0.15, 0.2) is 23.3 Å². The Morgan fingerprint density at radius 3 is 2.00 bits per heavy atom. The molecule has 0 N–H and O–H groups in total. The Morgan fingerprint density at radius 2 is 1.60 bits per heavy atom. The summed E-state index contributed by atoms with van der Waals surface area (Å²) >= 11 is 0. The zero-order valence-corrected chi connectivity index (χ0v) is 17.0. The predicted molar refractivity (Wildman–Crippen MR) is 103 cm³/mol. The van der Waals surface area contributed by atoms with Gasteiger partial charge in [0.05, 0.1) is 10.3 Å². The van der Waals surface area contributed by atoms with Crippen LogP contribution in [0.3, 0.4) is 0 Å². The maximum absolute atomic E-state index is 14.9. The van der Waals surface area contributed by atoms with Gasteiger partial charge in [-0.25, -0.2) is 17.6 Å². The molecule has 0 saturated heterocycles. The molecule has 2 aromatic carbocycles. The Bertz CT molecular complexity index is 937. The molecular weight excluding hydrogens is 404 g/mol. The first-order chi connectivity index (χ1) is 14.0. The Balaban J connectivity index is 2.96. The molecule has 0 aromatic heterocycles. The van der Waals surface area contributed by atoms with Crippen LogP contribution < -0.4 is 0 Å². The second-order valence-electron chi connectivity index (χ2n) is 7.35. The lowest BCUT2D eigenvalue weighted by Crippen LogP contribution is -2.44. The number of benzene rings is 2. The number of ketones is 1. The minimum absolute atomic E-state index is 0.0106. The molecule has 0 heterocycles. The number of hydrogen-bond donors (Lipinski definition) is 0. The summed E-state index contributed by atoms with van der Waals surface area (Å²) in [5.41, 5.74) is -3.42. The van der Waals surface area contributed by atoms with Crippen LogP contribution >= 0.6 is 0 Å². The van der Waals surface area contributed by atoms with Gasteiger partial charge >= 0.3 is 0 Å². The summed E-state index contributed by atoms with van der Waals surface area (Å²) in [5, 5.41) is 11.0. The molecule has 5 nitrogen and oxygen atoms in total. The van der Waals surface area contributed by atoms with Gasteiger partial charge in [0.1, 0.15) is 5.78 Å². The van der Waals surface area contributed by atoms with E-state index in [1.54, 1.807) is 25.9 Å². The summed E-state index contributed by atoms with van der Waals surface area (Å²) in [5.74, 6) is -7.26. The molecule has 2 atom stereocenters. The highest BCUT2D eigenvalue weighted by Crippen LogP contribution is 2.43. The Labute approximate surface area is 171 Å². The van der Waals surface area contributed by atoms with Crippen LogP contribution in [0.5, 0.6) is 0 Å². The maximum atomic E-state index is 14.9. The lowest BCUT2D eigenvalue weighted by molar-refractivity contribution is -0.384. The van der Waals surface area contributed by atoms with Gasteiger partial charge in [0.25, 0.3) is 5.69 Å². The van der Waals surface area contributed by atoms with E-state index in [-0.39, 0.29) is 30.2 Å².